The lowest BCUT2D eigenvalue weighted by Crippen LogP contribution is -2.28. The van der Waals surface area contributed by atoms with Gasteiger partial charge in [0.2, 0.25) is 5.95 Å². The average molecular weight is 402 g/mol. The van der Waals surface area contributed by atoms with Crippen LogP contribution in [0, 0.1) is 0 Å². The van der Waals surface area contributed by atoms with E-state index < -0.39 is 11.7 Å². The fraction of sp³-hybridized carbons (Fsp3) is 0.400. The van der Waals surface area contributed by atoms with Crippen molar-refractivity contribution in [2.24, 2.45) is 0 Å². The zero-order valence-corrected chi connectivity index (χ0v) is 15.9. The minimum Gasteiger partial charge on any atom is -0.351 e. The number of anilines is 1. The predicted molar refractivity (Wildman–Crippen MR) is 103 cm³/mol. The molecule has 6 nitrogen and oxygen atoms in total. The van der Waals surface area contributed by atoms with E-state index in [-0.39, 0.29) is 29.2 Å². The van der Waals surface area contributed by atoms with Gasteiger partial charge in [-0.3, -0.25) is 4.40 Å². The van der Waals surface area contributed by atoms with Crippen LogP contribution >= 0.6 is 0 Å². The largest absolute Gasteiger partial charge is 0.419 e. The number of pyridine rings is 1. The number of alkyl halides is 3. The van der Waals surface area contributed by atoms with Gasteiger partial charge in [0.1, 0.15) is 5.82 Å². The first-order valence-corrected chi connectivity index (χ1v) is 9.49. The van der Waals surface area contributed by atoms with Gasteiger partial charge in [-0.2, -0.15) is 13.2 Å². The smallest absolute Gasteiger partial charge is 0.351 e. The molecule has 0 aliphatic heterocycles. The van der Waals surface area contributed by atoms with E-state index in [4.69, 9.17) is 0 Å². The maximum absolute atomic E-state index is 13.2. The van der Waals surface area contributed by atoms with Gasteiger partial charge in [-0.1, -0.05) is 19.1 Å². The van der Waals surface area contributed by atoms with Crippen LogP contribution in [-0.4, -0.2) is 30.6 Å². The first kappa shape index (κ1) is 19.4. The van der Waals surface area contributed by atoms with E-state index in [1.165, 1.54) is 6.92 Å². The molecule has 1 N–H and O–H groups in total. The van der Waals surface area contributed by atoms with Crippen LogP contribution in [0.1, 0.15) is 55.6 Å². The molecule has 0 radical (unpaired) electrons. The van der Waals surface area contributed by atoms with Gasteiger partial charge in [-0.15, -0.1) is 10.2 Å². The van der Waals surface area contributed by atoms with Gasteiger partial charge in [-0.25, -0.2) is 9.97 Å². The number of fused-ring (bicyclic) bond motifs is 1. The van der Waals surface area contributed by atoms with Crippen LogP contribution in [0.15, 0.2) is 37.2 Å². The van der Waals surface area contributed by atoms with E-state index in [2.05, 4.69) is 32.1 Å². The van der Waals surface area contributed by atoms with Gasteiger partial charge in [0.05, 0.1) is 11.3 Å². The Hall–Kier alpha value is -2.97. The molecule has 0 amide bonds. The first-order valence-electron chi connectivity index (χ1n) is 9.49. The molecule has 29 heavy (non-hydrogen) atoms. The number of rotatable bonds is 4. The summed E-state index contributed by atoms with van der Waals surface area (Å²) in [5.41, 5.74) is 0.00629. The Morgan fingerprint density at radius 1 is 1.24 bits per heavy atom. The normalized spacial score (nSPS) is 20.0. The highest BCUT2D eigenvalue weighted by Crippen LogP contribution is 2.35. The van der Waals surface area contributed by atoms with Crippen molar-refractivity contribution in [1.29, 1.82) is 0 Å². The van der Waals surface area contributed by atoms with Crippen molar-refractivity contribution in [2.45, 2.75) is 50.7 Å². The second kappa shape index (κ2) is 7.46. The number of hydrogen-bond acceptors (Lipinski definition) is 5. The molecule has 1 fully saturated rings. The van der Waals surface area contributed by atoms with Crippen molar-refractivity contribution in [2.75, 3.05) is 5.32 Å². The van der Waals surface area contributed by atoms with Crippen molar-refractivity contribution in [3.63, 3.8) is 0 Å². The standard InChI is InChI=1S/C20H21F3N6/c1-12(2)17-15(20(21,22)23)11-24-19(26-17)25-14-7-5-6-13(10-14)18-28-27-16-8-3-4-9-29(16)18/h3-4,8-9,11,13-14H,1,5-7,10H2,2H3,(H,24,25,26)/t13-,14+/m0/s1. The molecule has 1 aliphatic carbocycles. The van der Waals surface area contributed by atoms with Crippen LogP contribution in [0.5, 0.6) is 0 Å². The molecule has 3 aromatic heterocycles. The van der Waals surface area contributed by atoms with Gasteiger partial charge in [0.15, 0.2) is 5.65 Å². The summed E-state index contributed by atoms with van der Waals surface area (Å²) in [4.78, 5) is 8.00. The van der Waals surface area contributed by atoms with E-state index in [1.54, 1.807) is 0 Å². The van der Waals surface area contributed by atoms with Gasteiger partial charge < -0.3 is 5.32 Å². The monoisotopic (exact) mass is 402 g/mol. The molecule has 152 valence electrons. The van der Waals surface area contributed by atoms with E-state index in [9.17, 15) is 13.2 Å². The molecule has 0 bridgehead atoms. The fourth-order valence-corrected chi connectivity index (χ4v) is 3.86. The van der Waals surface area contributed by atoms with Crippen LogP contribution in [0.2, 0.25) is 0 Å². The van der Waals surface area contributed by atoms with Crippen molar-refractivity contribution >= 4 is 17.2 Å². The molecule has 0 aromatic carbocycles. The fourth-order valence-electron chi connectivity index (χ4n) is 3.86. The highest BCUT2D eigenvalue weighted by molar-refractivity contribution is 5.62. The Kier molecular flexibility index (Phi) is 4.97. The first-order chi connectivity index (χ1) is 13.8. The summed E-state index contributed by atoms with van der Waals surface area (Å²) >= 11 is 0. The molecule has 4 rings (SSSR count). The third-order valence-electron chi connectivity index (χ3n) is 5.21. The lowest BCUT2D eigenvalue weighted by molar-refractivity contribution is -0.138. The molecular weight excluding hydrogens is 381 g/mol. The summed E-state index contributed by atoms with van der Waals surface area (Å²) in [6, 6.07) is 5.80. The number of hydrogen-bond donors (Lipinski definition) is 1. The van der Waals surface area contributed by atoms with E-state index >= 15 is 0 Å². The summed E-state index contributed by atoms with van der Waals surface area (Å²) in [5.74, 6) is 1.30. The summed E-state index contributed by atoms with van der Waals surface area (Å²) in [6.07, 6.45) is 1.88. The molecular formula is C20H21F3N6. The van der Waals surface area contributed by atoms with Crippen molar-refractivity contribution in [3.8, 4) is 0 Å². The second-order valence-electron chi connectivity index (χ2n) is 7.43. The lowest BCUT2D eigenvalue weighted by atomic mass is 9.85. The van der Waals surface area contributed by atoms with E-state index in [0.717, 1.165) is 43.4 Å². The Morgan fingerprint density at radius 2 is 2.07 bits per heavy atom. The molecule has 0 spiro atoms. The summed E-state index contributed by atoms with van der Waals surface area (Å²) in [7, 11) is 0. The van der Waals surface area contributed by atoms with Gasteiger partial charge in [0, 0.05) is 24.4 Å². The third-order valence-corrected chi connectivity index (χ3v) is 5.21. The number of aromatic nitrogens is 5. The number of allylic oxidation sites excluding steroid dienone is 1. The Balaban J connectivity index is 1.54. The molecule has 3 heterocycles. The van der Waals surface area contributed by atoms with E-state index in [0.29, 0.717) is 0 Å². The zero-order valence-electron chi connectivity index (χ0n) is 15.9. The molecule has 9 heteroatoms. The van der Waals surface area contributed by atoms with Crippen molar-refractivity contribution in [1.82, 2.24) is 24.6 Å². The average Bonchev–Trinajstić information content (AvgIpc) is 3.11. The minimum atomic E-state index is -4.52. The van der Waals surface area contributed by atoms with Crippen LogP contribution in [0.3, 0.4) is 0 Å². The van der Waals surface area contributed by atoms with Gasteiger partial charge >= 0.3 is 6.18 Å². The van der Waals surface area contributed by atoms with Crippen LogP contribution < -0.4 is 5.32 Å². The third kappa shape index (κ3) is 3.94. The summed E-state index contributed by atoms with van der Waals surface area (Å²) in [5, 5.41) is 11.8. The Labute approximate surface area is 165 Å². The lowest BCUT2D eigenvalue weighted by Gasteiger charge is -2.29. The molecule has 0 unspecified atom stereocenters. The highest BCUT2D eigenvalue weighted by Gasteiger charge is 2.35. The van der Waals surface area contributed by atoms with Crippen LogP contribution in [-0.2, 0) is 6.18 Å². The Morgan fingerprint density at radius 3 is 2.83 bits per heavy atom. The number of nitrogens with zero attached hydrogens (tertiary/aromatic N) is 5. The number of nitrogens with one attached hydrogen (secondary N) is 1. The zero-order chi connectivity index (χ0) is 20.6. The Bertz CT molecular complexity index is 1040. The van der Waals surface area contributed by atoms with Crippen LogP contribution in [0.4, 0.5) is 19.1 Å². The van der Waals surface area contributed by atoms with Crippen molar-refractivity contribution in [3.05, 3.63) is 54.3 Å². The summed E-state index contributed by atoms with van der Waals surface area (Å²) < 4.78 is 41.5. The minimum absolute atomic E-state index is 0.0412. The SMILES string of the molecule is C=C(C)c1nc(N[C@@H]2CCC[C@H](c3nnc4ccccn34)C2)ncc1C(F)(F)F. The summed E-state index contributed by atoms with van der Waals surface area (Å²) in [6.45, 7) is 5.13. The quantitative estimate of drug-likeness (QED) is 0.685. The highest BCUT2D eigenvalue weighted by atomic mass is 19.4. The predicted octanol–water partition coefficient (Wildman–Crippen LogP) is 4.71. The molecule has 3 aromatic rings. The molecule has 1 saturated carbocycles. The molecule has 0 saturated heterocycles. The number of halogens is 3. The molecule has 1 aliphatic rings. The van der Waals surface area contributed by atoms with Gasteiger partial charge in [0.25, 0.3) is 0 Å². The topological polar surface area (TPSA) is 68.0 Å². The maximum Gasteiger partial charge on any atom is 0.419 e. The second-order valence-corrected chi connectivity index (χ2v) is 7.43. The van der Waals surface area contributed by atoms with Crippen molar-refractivity contribution < 1.29 is 13.2 Å². The maximum atomic E-state index is 13.2. The van der Waals surface area contributed by atoms with Crippen LogP contribution in [0.25, 0.3) is 11.2 Å². The molecule has 2 atom stereocenters. The van der Waals surface area contributed by atoms with Gasteiger partial charge in [-0.05, 0) is 43.9 Å². The van der Waals surface area contributed by atoms with E-state index in [1.807, 2.05) is 28.8 Å².